The lowest BCUT2D eigenvalue weighted by molar-refractivity contribution is -0.143. The van der Waals surface area contributed by atoms with E-state index in [1.54, 1.807) is 4.90 Å². The van der Waals surface area contributed by atoms with Crippen LogP contribution in [-0.4, -0.2) is 31.0 Å². The number of carbonyl (C=O) groups excluding carboxylic acids is 2. The molecule has 2 aromatic rings. The van der Waals surface area contributed by atoms with Gasteiger partial charge in [-0.15, -0.1) is 0 Å². The summed E-state index contributed by atoms with van der Waals surface area (Å²) in [6, 6.07) is 17.8. The van der Waals surface area contributed by atoms with Crippen molar-refractivity contribution < 1.29 is 14.3 Å². The van der Waals surface area contributed by atoms with E-state index in [1.807, 2.05) is 60.7 Å². The summed E-state index contributed by atoms with van der Waals surface area (Å²) >= 11 is 0. The van der Waals surface area contributed by atoms with E-state index in [2.05, 4.69) is 10.3 Å². The largest absolute Gasteiger partial charge is 0.467 e. The molecule has 0 radical (unpaired) electrons. The second kappa shape index (κ2) is 6.95. The van der Waals surface area contributed by atoms with E-state index in [9.17, 15) is 9.59 Å². The van der Waals surface area contributed by atoms with Gasteiger partial charge in [0.05, 0.1) is 19.2 Å². The van der Waals surface area contributed by atoms with Gasteiger partial charge in [-0.3, -0.25) is 15.0 Å². The van der Waals surface area contributed by atoms with E-state index in [-0.39, 0.29) is 12.3 Å². The lowest BCUT2D eigenvalue weighted by Gasteiger charge is -2.36. The van der Waals surface area contributed by atoms with Crippen molar-refractivity contribution in [3.63, 3.8) is 0 Å². The first kappa shape index (κ1) is 15.7. The summed E-state index contributed by atoms with van der Waals surface area (Å²) in [7, 11) is 1.31. The molecule has 1 unspecified atom stereocenters. The van der Waals surface area contributed by atoms with Crippen molar-refractivity contribution in [2.75, 3.05) is 12.0 Å². The van der Waals surface area contributed by atoms with E-state index in [1.165, 1.54) is 7.11 Å². The highest BCUT2D eigenvalue weighted by Crippen LogP contribution is 2.24. The summed E-state index contributed by atoms with van der Waals surface area (Å²) in [6.45, 7) is 0. The van der Waals surface area contributed by atoms with Gasteiger partial charge in [-0.25, -0.2) is 9.79 Å². The number of rotatable bonds is 3. The summed E-state index contributed by atoms with van der Waals surface area (Å²) in [4.78, 5) is 30.4. The summed E-state index contributed by atoms with van der Waals surface area (Å²) in [5, 5.41) is 2.75. The van der Waals surface area contributed by atoms with Crippen molar-refractivity contribution >= 4 is 29.2 Å². The van der Waals surface area contributed by atoms with Crippen LogP contribution < -0.4 is 10.2 Å². The Kier molecular flexibility index (Phi) is 4.56. The van der Waals surface area contributed by atoms with Crippen LogP contribution >= 0.6 is 0 Å². The summed E-state index contributed by atoms with van der Waals surface area (Å²) in [5.74, 6) is -0.444. The third-order valence-electron chi connectivity index (χ3n) is 3.67. The van der Waals surface area contributed by atoms with Crippen molar-refractivity contribution in [1.82, 2.24) is 5.32 Å². The van der Waals surface area contributed by atoms with Gasteiger partial charge in [0.15, 0.2) is 0 Å². The average molecular weight is 323 g/mol. The molecule has 1 saturated heterocycles. The topological polar surface area (TPSA) is 71.0 Å². The SMILES string of the molecule is COC(=O)C1CC(=O)NC(=Nc2ccccc2)N1c1ccccc1. The zero-order valence-corrected chi connectivity index (χ0v) is 13.2. The molecular weight excluding hydrogens is 306 g/mol. The van der Waals surface area contributed by atoms with Gasteiger partial charge in [0.2, 0.25) is 11.9 Å². The molecular formula is C18H17N3O3. The number of amides is 1. The molecule has 3 rings (SSSR count). The van der Waals surface area contributed by atoms with E-state index in [4.69, 9.17) is 4.74 Å². The molecule has 0 aromatic heterocycles. The van der Waals surface area contributed by atoms with Gasteiger partial charge < -0.3 is 4.74 Å². The zero-order valence-electron chi connectivity index (χ0n) is 13.2. The van der Waals surface area contributed by atoms with E-state index in [0.29, 0.717) is 11.6 Å². The first-order valence-electron chi connectivity index (χ1n) is 7.55. The van der Waals surface area contributed by atoms with Crippen LogP contribution in [0.3, 0.4) is 0 Å². The molecule has 2 aromatic carbocycles. The zero-order chi connectivity index (χ0) is 16.9. The lowest BCUT2D eigenvalue weighted by Crippen LogP contribution is -2.59. The second-order valence-corrected chi connectivity index (χ2v) is 5.27. The van der Waals surface area contributed by atoms with Crippen LogP contribution in [0, 0.1) is 0 Å². The van der Waals surface area contributed by atoms with Gasteiger partial charge in [0.1, 0.15) is 6.04 Å². The predicted molar refractivity (Wildman–Crippen MR) is 91.0 cm³/mol. The monoisotopic (exact) mass is 323 g/mol. The Morgan fingerprint density at radius 2 is 1.75 bits per heavy atom. The predicted octanol–water partition coefficient (Wildman–Crippen LogP) is 2.24. The molecule has 0 saturated carbocycles. The van der Waals surface area contributed by atoms with Crippen molar-refractivity contribution in [2.24, 2.45) is 4.99 Å². The van der Waals surface area contributed by atoms with Crippen LogP contribution in [0.4, 0.5) is 11.4 Å². The van der Waals surface area contributed by atoms with Gasteiger partial charge >= 0.3 is 5.97 Å². The molecule has 6 heteroatoms. The van der Waals surface area contributed by atoms with E-state index < -0.39 is 12.0 Å². The molecule has 0 bridgehead atoms. The average Bonchev–Trinajstić information content (AvgIpc) is 2.62. The smallest absolute Gasteiger partial charge is 0.329 e. The second-order valence-electron chi connectivity index (χ2n) is 5.27. The summed E-state index contributed by atoms with van der Waals surface area (Å²) in [6.07, 6.45) is 0.00930. The Labute approximate surface area is 139 Å². The number of aliphatic imine (C=N–C) groups is 1. The number of ether oxygens (including phenoxy) is 1. The maximum Gasteiger partial charge on any atom is 0.329 e. The van der Waals surface area contributed by atoms with E-state index in [0.717, 1.165) is 5.69 Å². The fourth-order valence-corrected chi connectivity index (χ4v) is 2.57. The van der Waals surface area contributed by atoms with Crippen LogP contribution in [0.2, 0.25) is 0 Å². The summed E-state index contributed by atoms with van der Waals surface area (Å²) in [5.41, 5.74) is 1.43. The van der Waals surface area contributed by atoms with Crippen molar-refractivity contribution in [3.05, 3.63) is 60.7 Å². The Morgan fingerprint density at radius 1 is 1.12 bits per heavy atom. The molecule has 1 N–H and O–H groups in total. The van der Waals surface area contributed by atoms with Crippen LogP contribution in [0.25, 0.3) is 0 Å². The van der Waals surface area contributed by atoms with Crippen LogP contribution in [0.15, 0.2) is 65.7 Å². The van der Waals surface area contributed by atoms with Gasteiger partial charge in [-0.2, -0.15) is 0 Å². The minimum Gasteiger partial charge on any atom is -0.467 e. The number of hydrogen-bond donors (Lipinski definition) is 1. The Hall–Kier alpha value is -3.15. The lowest BCUT2D eigenvalue weighted by atomic mass is 10.1. The molecule has 1 atom stereocenters. The van der Waals surface area contributed by atoms with Gasteiger partial charge in [0, 0.05) is 5.69 Å². The normalized spacial score (nSPS) is 19.0. The number of carbonyl (C=O) groups is 2. The minimum atomic E-state index is -0.756. The molecule has 1 aliphatic heterocycles. The third-order valence-corrected chi connectivity index (χ3v) is 3.67. The van der Waals surface area contributed by atoms with Crippen LogP contribution in [0.5, 0.6) is 0 Å². The standard InChI is InChI=1S/C18H17N3O3/c1-24-17(23)15-12-16(22)20-18(19-13-8-4-2-5-9-13)21(15)14-10-6-3-7-11-14/h2-11,15H,12H2,1H3,(H,19,20,22). The quantitative estimate of drug-likeness (QED) is 0.880. The molecule has 1 amide bonds. The number of nitrogens with one attached hydrogen (secondary N) is 1. The van der Waals surface area contributed by atoms with Gasteiger partial charge in [-0.05, 0) is 24.3 Å². The van der Waals surface area contributed by atoms with Crippen LogP contribution in [0.1, 0.15) is 6.42 Å². The fourth-order valence-electron chi connectivity index (χ4n) is 2.57. The van der Waals surface area contributed by atoms with Crippen molar-refractivity contribution in [2.45, 2.75) is 12.5 Å². The molecule has 1 fully saturated rings. The number of esters is 1. The number of nitrogens with zero attached hydrogens (tertiary/aromatic N) is 2. The molecule has 6 nitrogen and oxygen atoms in total. The number of anilines is 1. The number of para-hydroxylation sites is 2. The maximum absolute atomic E-state index is 12.2. The molecule has 0 aliphatic carbocycles. The molecule has 122 valence electrons. The molecule has 1 aliphatic rings. The highest BCUT2D eigenvalue weighted by molar-refractivity contribution is 6.13. The minimum absolute atomic E-state index is 0.00930. The number of methoxy groups -OCH3 is 1. The van der Waals surface area contributed by atoms with Gasteiger partial charge in [-0.1, -0.05) is 36.4 Å². The highest BCUT2D eigenvalue weighted by Gasteiger charge is 2.37. The Balaban J connectivity index is 2.07. The number of hydrogen-bond acceptors (Lipinski definition) is 4. The molecule has 1 heterocycles. The van der Waals surface area contributed by atoms with Crippen molar-refractivity contribution in [3.8, 4) is 0 Å². The first-order valence-corrected chi connectivity index (χ1v) is 7.55. The van der Waals surface area contributed by atoms with Crippen molar-refractivity contribution in [1.29, 1.82) is 0 Å². The number of benzene rings is 2. The highest BCUT2D eigenvalue weighted by atomic mass is 16.5. The maximum atomic E-state index is 12.2. The van der Waals surface area contributed by atoms with Crippen LogP contribution in [-0.2, 0) is 14.3 Å². The molecule has 0 spiro atoms. The molecule has 24 heavy (non-hydrogen) atoms. The number of guanidine groups is 1. The summed E-state index contributed by atoms with van der Waals surface area (Å²) < 4.78 is 4.87. The van der Waals surface area contributed by atoms with E-state index >= 15 is 0 Å². The van der Waals surface area contributed by atoms with Gasteiger partial charge in [0.25, 0.3) is 0 Å². The Bertz CT molecular complexity index is 760. The third kappa shape index (κ3) is 3.27. The Morgan fingerprint density at radius 3 is 2.38 bits per heavy atom. The first-order chi connectivity index (χ1) is 11.7. The fraction of sp³-hybridized carbons (Fsp3) is 0.167.